The third kappa shape index (κ3) is 6.30. The molecule has 0 aliphatic carbocycles. The van der Waals surface area contributed by atoms with Crippen LogP contribution in [0.1, 0.15) is 25.3 Å². The van der Waals surface area contributed by atoms with E-state index in [1.54, 1.807) is 0 Å². The van der Waals surface area contributed by atoms with Crippen LogP contribution in [-0.4, -0.2) is 39.5 Å². The first-order valence-electron chi connectivity index (χ1n) is 6.86. The zero-order chi connectivity index (χ0) is 14.8. The molecular weight excluding hydrogens is 276 g/mol. The number of hydrogen-bond acceptors (Lipinski definition) is 3. The maximum Gasteiger partial charge on any atom is 0.319 e. The molecule has 0 fully saturated rings. The van der Waals surface area contributed by atoms with Crippen molar-refractivity contribution in [2.24, 2.45) is 0 Å². The fraction of sp³-hybridized carbons (Fsp3) is 0.533. The predicted octanol–water partition coefficient (Wildman–Crippen LogP) is 2.25. The first-order valence-corrected chi connectivity index (χ1v) is 8.25. The van der Waals surface area contributed by atoms with Crippen LogP contribution < -0.4 is 0 Å². The number of unbranched alkanes of at least 4 members (excludes halogenated alkanes) is 1. The predicted molar refractivity (Wildman–Crippen MR) is 80.3 cm³/mol. The summed E-state index contributed by atoms with van der Waals surface area (Å²) >= 11 is 0. The average molecular weight is 298 g/mol. The van der Waals surface area contributed by atoms with Gasteiger partial charge in [0.1, 0.15) is 5.25 Å². The Morgan fingerprint density at radius 3 is 2.60 bits per heavy atom. The Bertz CT molecular complexity index is 419. The van der Waals surface area contributed by atoms with E-state index in [2.05, 4.69) is 6.92 Å². The summed E-state index contributed by atoms with van der Waals surface area (Å²) in [4.78, 5) is 11.2. The Morgan fingerprint density at radius 1 is 1.30 bits per heavy atom. The molecule has 1 aromatic rings. The van der Waals surface area contributed by atoms with Crippen molar-refractivity contribution < 1.29 is 18.8 Å². The molecule has 2 atom stereocenters. The van der Waals surface area contributed by atoms with Crippen molar-refractivity contribution >= 4 is 16.8 Å². The van der Waals surface area contributed by atoms with E-state index in [-0.39, 0.29) is 12.2 Å². The second-order valence-electron chi connectivity index (χ2n) is 4.57. The monoisotopic (exact) mass is 298 g/mol. The van der Waals surface area contributed by atoms with Gasteiger partial charge in [-0.1, -0.05) is 43.7 Å². The third-order valence-corrected chi connectivity index (χ3v) is 4.50. The molecule has 112 valence electrons. The minimum Gasteiger partial charge on any atom is -0.480 e. The lowest BCUT2D eigenvalue weighted by Crippen LogP contribution is -2.30. The summed E-state index contributed by atoms with van der Waals surface area (Å²) in [6.45, 7) is 3.07. The van der Waals surface area contributed by atoms with Gasteiger partial charge in [0.25, 0.3) is 0 Å². The molecule has 0 bridgehead atoms. The molecule has 1 rings (SSSR count). The van der Waals surface area contributed by atoms with Crippen LogP contribution in [0.4, 0.5) is 0 Å². The molecular formula is C15H22O4S. The number of hydrogen-bond donors (Lipinski definition) is 1. The van der Waals surface area contributed by atoms with Crippen LogP contribution in [0.3, 0.4) is 0 Å². The fourth-order valence-electron chi connectivity index (χ4n) is 1.75. The largest absolute Gasteiger partial charge is 0.480 e. The molecule has 0 saturated carbocycles. The van der Waals surface area contributed by atoms with Crippen LogP contribution in [0, 0.1) is 0 Å². The topological polar surface area (TPSA) is 63.6 Å². The van der Waals surface area contributed by atoms with Crippen molar-refractivity contribution in [2.45, 2.75) is 31.4 Å². The van der Waals surface area contributed by atoms with Crippen molar-refractivity contribution in [2.75, 3.05) is 19.0 Å². The Kier molecular flexibility index (Phi) is 8.14. The average Bonchev–Trinajstić information content (AvgIpc) is 2.45. The van der Waals surface area contributed by atoms with Crippen molar-refractivity contribution in [1.82, 2.24) is 0 Å². The molecule has 4 nitrogen and oxygen atoms in total. The van der Waals surface area contributed by atoms with Crippen molar-refractivity contribution in [3.05, 3.63) is 35.9 Å². The Hall–Kier alpha value is -1.20. The van der Waals surface area contributed by atoms with Crippen LogP contribution in [0.5, 0.6) is 0 Å². The van der Waals surface area contributed by atoms with E-state index in [9.17, 15) is 14.1 Å². The van der Waals surface area contributed by atoms with Gasteiger partial charge in [0.2, 0.25) is 0 Å². The van der Waals surface area contributed by atoms with Gasteiger partial charge < -0.3 is 9.84 Å². The molecule has 2 unspecified atom stereocenters. The van der Waals surface area contributed by atoms with Gasteiger partial charge in [0.15, 0.2) is 0 Å². The summed E-state index contributed by atoms with van der Waals surface area (Å²) in [6.07, 6.45) is 2.31. The maximum atomic E-state index is 12.1. The van der Waals surface area contributed by atoms with Crippen LogP contribution in [0.25, 0.3) is 0 Å². The van der Waals surface area contributed by atoms with Gasteiger partial charge >= 0.3 is 5.97 Å². The van der Waals surface area contributed by atoms with E-state index in [0.29, 0.717) is 13.2 Å². The van der Waals surface area contributed by atoms with Crippen LogP contribution >= 0.6 is 0 Å². The maximum absolute atomic E-state index is 12.1. The normalized spacial score (nSPS) is 13.8. The lowest BCUT2D eigenvalue weighted by atomic mass is 10.1. The van der Waals surface area contributed by atoms with E-state index >= 15 is 0 Å². The second-order valence-corrected chi connectivity index (χ2v) is 6.31. The lowest BCUT2D eigenvalue weighted by molar-refractivity contribution is -0.136. The van der Waals surface area contributed by atoms with Gasteiger partial charge in [-0.2, -0.15) is 0 Å². The Morgan fingerprint density at radius 2 is 2.00 bits per heavy atom. The molecule has 20 heavy (non-hydrogen) atoms. The molecule has 1 N–H and O–H groups in total. The fourth-order valence-corrected chi connectivity index (χ4v) is 2.92. The summed E-state index contributed by atoms with van der Waals surface area (Å²) in [5.41, 5.74) is 0.889. The summed E-state index contributed by atoms with van der Waals surface area (Å²) < 4.78 is 17.4. The number of carbonyl (C=O) groups is 1. The lowest BCUT2D eigenvalue weighted by Gasteiger charge is -2.12. The molecule has 0 aliphatic rings. The van der Waals surface area contributed by atoms with E-state index in [0.717, 1.165) is 18.4 Å². The molecule has 0 amide bonds. The molecule has 0 heterocycles. The number of carboxylic acids is 1. The van der Waals surface area contributed by atoms with Gasteiger partial charge in [-0.15, -0.1) is 0 Å². The second kappa shape index (κ2) is 9.66. The standard InChI is InChI=1S/C15H22O4S/c1-2-3-9-19-10-11-20(18)14(15(16)17)12-13-7-5-4-6-8-13/h4-8,14H,2-3,9-12H2,1H3,(H,16,17). The van der Waals surface area contributed by atoms with Crippen molar-refractivity contribution in [3.8, 4) is 0 Å². The van der Waals surface area contributed by atoms with E-state index < -0.39 is 22.0 Å². The SMILES string of the molecule is CCCCOCCS(=O)C(Cc1ccccc1)C(=O)O. The van der Waals surface area contributed by atoms with Gasteiger partial charge in [-0.3, -0.25) is 9.00 Å². The molecule has 0 aromatic heterocycles. The summed E-state index contributed by atoms with van der Waals surface area (Å²) in [5.74, 6) is -0.742. The summed E-state index contributed by atoms with van der Waals surface area (Å²) in [5, 5.41) is 8.34. The molecule has 5 heteroatoms. The summed E-state index contributed by atoms with van der Waals surface area (Å²) in [6, 6.07) is 9.28. The number of ether oxygens (including phenoxy) is 1. The van der Waals surface area contributed by atoms with Gasteiger partial charge in [-0.05, 0) is 18.4 Å². The van der Waals surface area contributed by atoms with E-state index in [1.165, 1.54) is 0 Å². The smallest absolute Gasteiger partial charge is 0.319 e. The summed E-state index contributed by atoms with van der Waals surface area (Å²) in [7, 11) is -1.42. The minimum atomic E-state index is -1.42. The van der Waals surface area contributed by atoms with Crippen LogP contribution in [0.15, 0.2) is 30.3 Å². The highest BCUT2D eigenvalue weighted by Gasteiger charge is 2.24. The van der Waals surface area contributed by atoms with E-state index in [1.807, 2.05) is 30.3 Å². The third-order valence-electron chi connectivity index (χ3n) is 2.93. The first kappa shape index (κ1) is 16.9. The van der Waals surface area contributed by atoms with Gasteiger partial charge in [-0.25, -0.2) is 0 Å². The zero-order valence-corrected chi connectivity index (χ0v) is 12.6. The molecule has 0 radical (unpaired) electrons. The highest BCUT2D eigenvalue weighted by molar-refractivity contribution is 7.86. The number of benzene rings is 1. The number of carboxylic acid groups (broad SMARTS) is 1. The van der Waals surface area contributed by atoms with E-state index in [4.69, 9.17) is 4.74 Å². The molecule has 0 aliphatic heterocycles. The van der Waals surface area contributed by atoms with Crippen LogP contribution in [0.2, 0.25) is 0 Å². The van der Waals surface area contributed by atoms with Crippen molar-refractivity contribution in [3.63, 3.8) is 0 Å². The molecule has 0 spiro atoms. The molecule has 0 saturated heterocycles. The van der Waals surface area contributed by atoms with Crippen LogP contribution in [-0.2, 0) is 26.8 Å². The first-order chi connectivity index (χ1) is 9.65. The quantitative estimate of drug-likeness (QED) is 0.673. The molecule has 1 aromatic carbocycles. The van der Waals surface area contributed by atoms with Crippen molar-refractivity contribution in [1.29, 1.82) is 0 Å². The number of aliphatic carboxylic acids is 1. The minimum absolute atomic E-state index is 0.271. The Labute approximate surface area is 122 Å². The van der Waals surface area contributed by atoms with Gasteiger partial charge in [0.05, 0.1) is 6.61 Å². The van der Waals surface area contributed by atoms with Gasteiger partial charge in [0, 0.05) is 23.2 Å². The highest BCUT2D eigenvalue weighted by Crippen LogP contribution is 2.09. The zero-order valence-electron chi connectivity index (χ0n) is 11.8. The number of rotatable bonds is 10. The Balaban J connectivity index is 2.45. The highest BCUT2D eigenvalue weighted by atomic mass is 32.2.